The van der Waals surface area contributed by atoms with Crippen LogP contribution in [0.2, 0.25) is 0 Å². The molecule has 2 heterocycles. The van der Waals surface area contributed by atoms with Crippen LogP contribution in [0.15, 0.2) is 65.7 Å². The summed E-state index contributed by atoms with van der Waals surface area (Å²) in [7, 11) is 1.40. The standard InChI is InChI=1S/C23H20F4N4O2/c1-28-14-20(33)19(32)12-22-29-9-11-31(22)10-8-18(15-2-5-17(24)6-3-15)16-4-7-21(30-13-16)23(25,26)27/h2-7,9,11-14,18,32H,8,10H2,1H3/b19-12-,28-14?/t18-/m1/s1. The molecule has 0 unspecified atom stereocenters. The summed E-state index contributed by atoms with van der Waals surface area (Å²) in [5.41, 5.74) is 0.234. The lowest BCUT2D eigenvalue weighted by Crippen LogP contribution is -2.11. The molecule has 3 rings (SSSR count). The number of aliphatic imine (C=N–C) groups is 1. The highest BCUT2D eigenvalue weighted by molar-refractivity contribution is 6.35. The van der Waals surface area contributed by atoms with Crippen molar-refractivity contribution in [2.75, 3.05) is 7.05 Å². The molecule has 1 atom stereocenters. The molecular formula is C23H20F4N4O2. The number of halogens is 4. The topological polar surface area (TPSA) is 80.4 Å². The van der Waals surface area contributed by atoms with Crippen LogP contribution in [0.25, 0.3) is 6.08 Å². The minimum atomic E-state index is -4.55. The second-order valence-corrected chi connectivity index (χ2v) is 7.13. The number of imidazole rings is 1. The number of rotatable bonds is 8. The van der Waals surface area contributed by atoms with E-state index in [1.54, 1.807) is 22.9 Å². The van der Waals surface area contributed by atoms with E-state index in [9.17, 15) is 27.5 Å². The van der Waals surface area contributed by atoms with Gasteiger partial charge < -0.3 is 9.67 Å². The van der Waals surface area contributed by atoms with Gasteiger partial charge >= 0.3 is 6.18 Å². The molecule has 0 aliphatic rings. The van der Waals surface area contributed by atoms with Gasteiger partial charge in [-0.2, -0.15) is 13.2 Å². The molecule has 0 fully saturated rings. The maximum absolute atomic E-state index is 13.4. The third kappa shape index (κ3) is 6.12. The predicted molar refractivity (Wildman–Crippen MR) is 114 cm³/mol. The first kappa shape index (κ1) is 23.8. The normalized spacial score (nSPS) is 13.4. The lowest BCUT2D eigenvalue weighted by atomic mass is 9.89. The van der Waals surface area contributed by atoms with Crippen LogP contribution in [0.4, 0.5) is 17.6 Å². The maximum atomic E-state index is 13.4. The van der Waals surface area contributed by atoms with Crippen molar-refractivity contribution in [2.45, 2.75) is 25.1 Å². The Morgan fingerprint density at radius 2 is 1.85 bits per heavy atom. The van der Waals surface area contributed by atoms with Crippen molar-refractivity contribution in [3.05, 3.63) is 89.2 Å². The molecule has 6 nitrogen and oxygen atoms in total. The summed E-state index contributed by atoms with van der Waals surface area (Å²) in [5.74, 6) is -1.71. The zero-order valence-electron chi connectivity index (χ0n) is 17.5. The molecule has 0 radical (unpaired) electrons. The summed E-state index contributed by atoms with van der Waals surface area (Å²) in [5, 5.41) is 9.93. The highest BCUT2D eigenvalue weighted by Gasteiger charge is 2.32. The van der Waals surface area contributed by atoms with E-state index in [1.165, 1.54) is 43.7 Å². The Morgan fingerprint density at radius 3 is 2.45 bits per heavy atom. The fourth-order valence-electron chi connectivity index (χ4n) is 3.29. The van der Waals surface area contributed by atoms with Gasteiger partial charge in [0.2, 0.25) is 5.78 Å². The van der Waals surface area contributed by atoms with Crippen LogP contribution in [0.3, 0.4) is 0 Å². The largest absolute Gasteiger partial charge is 0.504 e. The van der Waals surface area contributed by atoms with Crippen molar-refractivity contribution in [1.29, 1.82) is 0 Å². The Bertz CT molecular complexity index is 1150. The Morgan fingerprint density at radius 1 is 1.15 bits per heavy atom. The number of ketones is 1. The Labute approximate surface area is 187 Å². The number of aryl methyl sites for hydroxylation is 1. The Kier molecular flexibility index (Phi) is 7.37. The van der Waals surface area contributed by atoms with Gasteiger partial charge in [0.1, 0.15) is 17.3 Å². The van der Waals surface area contributed by atoms with Crippen molar-refractivity contribution in [3.63, 3.8) is 0 Å². The highest BCUT2D eigenvalue weighted by Crippen LogP contribution is 2.32. The zero-order chi connectivity index (χ0) is 24.0. The number of aliphatic hydroxyl groups excluding tert-OH is 1. The first-order valence-electron chi connectivity index (χ1n) is 9.86. The number of carbonyl (C=O) groups excluding carboxylic acids is 1. The first-order chi connectivity index (χ1) is 15.7. The third-order valence-electron chi connectivity index (χ3n) is 4.92. The second kappa shape index (κ2) is 10.2. The number of alkyl halides is 3. The van der Waals surface area contributed by atoms with E-state index in [-0.39, 0.29) is 5.92 Å². The lowest BCUT2D eigenvalue weighted by Gasteiger charge is -2.19. The van der Waals surface area contributed by atoms with Crippen molar-refractivity contribution >= 4 is 18.1 Å². The first-order valence-corrected chi connectivity index (χ1v) is 9.86. The minimum absolute atomic E-state index is 0.314. The average molecular weight is 460 g/mol. The van der Waals surface area contributed by atoms with Crippen molar-refractivity contribution < 1.29 is 27.5 Å². The van der Waals surface area contributed by atoms with Crippen molar-refractivity contribution in [3.8, 4) is 0 Å². The number of carbonyl (C=O) groups is 1. The number of aromatic nitrogens is 3. The van der Waals surface area contributed by atoms with Crippen LogP contribution in [-0.4, -0.2) is 38.7 Å². The summed E-state index contributed by atoms with van der Waals surface area (Å²) >= 11 is 0. The van der Waals surface area contributed by atoms with Gasteiger partial charge in [0, 0.05) is 44.2 Å². The number of aliphatic hydroxyl groups is 1. The molecule has 2 aromatic heterocycles. The van der Waals surface area contributed by atoms with Crippen LogP contribution in [0, 0.1) is 5.82 Å². The molecule has 1 N–H and O–H groups in total. The van der Waals surface area contributed by atoms with Gasteiger partial charge in [0.25, 0.3) is 0 Å². The van der Waals surface area contributed by atoms with Crippen LogP contribution in [-0.2, 0) is 17.5 Å². The van der Waals surface area contributed by atoms with Gasteiger partial charge in [-0.3, -0.25) is 14.8 Å². The zero-order valence-corrected chi connectivity index (χ0v) is 17.5. The van der Waals surface area contributed by atoms with Crippen LogP contribution in [0.1, 0.15) is 35.0 Å². The molecule has 3 aromatic rings. The third-order valence-corrected chi connectivity index (χ3v) is 4.92. The number of benzene rings is 1. The number of pyridine rings is 1. The molecule has 0 amide bonds. The van der Waals surface area contributed by atoms with E-state index in [1.807, 2.05) is 0 Å². The lowest BCUT2D eigenvalue weighted by molar-refractivity contribution is -0.141. The molecule has 1 aromatic carbocycles. The van der Waals surface area contributed by atoms with Crippen LogP contribution < -0.4 is 0 Å². The monoisotopic (exact) mass is 460 g/mol. The molecule has 0 bridgehead atoms. The fourth-order valence-corrected chi connectivity index (χ4v) is 3.29. The molecule has 0 saturated heterocycles. The average Bonchev–Trinajstić information content (AvgIpc) is 3.22. The van der Waals surface area contributed by atoms with Crippen molar-refractivity contribution in [2.24, 2.45) is 4.99 Å². The maximum Gasteiger partial charge on any atom is 0.433 e. The summed E-state index contributed by atoms with van der Waals surface area (Å²) in [6.45, 7) is 0.345. The number of allylic oxidation sites excluding steroid dienone is 1. The quantitative estimate of drug-likeness (QED) is 0.226. The fraction of sp³-hybridized carbons (Fsp3) is 0.217. The van der Waals surface area contributed by atoms with E-state index in [0.29, 0.717) is 29.9 Å². The molecule has 33 heavy (non-hydrogen) atoms. The number of nitrogens with zero attached hydrogens (tertiary/aromatic N) is 4. The number of Topliss-reactive ketones (excluding diaryl/α,β-unsaturated/α-hetero) is 1. The minimum Gasteiger partial charge on any atom is -0.504 e. The molecular weight excluding hydrogens is 440 g/mol. The summed E-state index contributed by atoms with van der Waals surface area (Å²) < 4.78 is 53.8. The summed E-state index contributed by atoms with van der Waals surface area (Å²) in [6.07, 6.45) is 2.33. The van der Waals surface area contributed by atoms with E-state index in [0.717, 1.165) is 12.3 Å². The Balaban J connectivity index is 1.87. The van der Waals surface area contributed by atoms with Gasteiger partial charge in [-0.25, -0.2) is 9.37 Å². The molecule has 10 heteroatoms. The molecule has 0 spiro atoms. The van der Waals surface area contributed by atoms with E-state index in [2.05, 4.69) is 15.0 Å². The van der Waals surface area contributed by atoms with Crippen molar-refractivity contribution in [1.82, 2.24) is 14.5 Å². The molecule has 0 aliphatic carbocycles. The van der Waals surface area contributed by atoms with E-state index in [4.69, 9.17) is 0 Å². The predicted octanol–water partition coefficient (Wildman–Crippen LogP) is 4.83. The number of hydrogen-bond donors (Lipinski definition) is 1. The van der Waals surface area contributed by atoms with Gasteiger partial charge in [-0.15, -0.1) is 0 Å². The van der Waals surface area contributed by atoms with E-state index < -0.39 is 29.2 Å². The van der Waals surface area contributed by atoms with Gasteiger partial charge in [0.05, 0.1) is 6.21 Å². The summed E-state index contributed by atoms with van der Waals surface area (Å²) in [4.78, 5) is 22.9. The van der Waals surface area contributed by atoms with Crippen LogP contribution >= 0.6 is 0 Å². The molecule has 0 saturated carbocycles. The SMILES string of the molecule is CN=CC(=O)/C(O)=C/c1nccn1CC[C@H](c1ccc(F)cc1)c1ccc(C(F)(F)F)nc1. The van der Waals surface area contributed by atoms with E-state index >= 15 is 0 Å². The Hall–Kier alpha value is -3.82. The smallest absolute Gasteiger partial charge is 0.433 e. The second-order valence-electron chi connectivity index (χ2n) is 7.13. The molecule has 0 aliphatic heterocycles. The van der Waals surface area contributed by atoms with Gasteiger partial charge in [0.15, 0.2) is 5.76 Å². The van der Waals surface area contributed by atoms with Crippen LogP contribution in [0.5, 0.6) is 0 Å². The summed E-state index contributed by atoms with van der Waals surface area (Å²) in [6, 6.07) is 7.97. The highest BCUT2D eigenvalue weighted by atomic mass is 19.4. The van der Waals surface area contributed by atoms with Gasteiger partial charge in [-0.1, -0.05) is 18.2 Å². The number of hydrogen-bond acceptors (Lipinski definition) is 5. The molecule has 172 valence electrons. The van der Waals surface area contributed by atoms with Gasteiger partial charge in [-0.05, 0) is 35.7 Å².